The predicted octanol–water partition coefficient (Wildman–Crippen LogP) is 1.08. The highest BCUT2D eigenvalue weighted by atomic mass is 16.6. The second kappa shape index (κ2) is 5.97. The molecule has 0 aromatic carbocycles. The summed E-state index contributed by atoms with van der Waals surface area (Å²) in [6.45, 7) is 3.77. The van der Waals surface area contributed by atoms with Crippen molar-refractivity contribution in [1.82, 2.24) is 9.88 Å². The largest absolute Gasteiger partial charge is 0.485 e. The first-order chi connectivity index (χ1) is 9.93. The standard InChI is InChI=1S/C14H17N3O4/c1-14(2,9-15)21-13(19)17-6-12(7-17)20-11-4-3-10(8-18)16-5-11/h3-5,12,18H,6-8H2,1-2H3. The van der Waals surface area contributed by atoms with E-state index in [0.29, 0.717) is 24.5 Å². The Hall–Kier alpha value is -2.33. The number of carbonyl (C=O) groups is 1. The molecule has 7 heteroatoms. The molecule has 1 aliphatic heterocycles. The molecule has 1 N–H and O–H groups in total. The van der Waals surface area contributed by atoms with Gasteiger partial charge in [-0.25, -0.2) is 4.79 Å². The van der Waals surface area contributed by atoms with Gasteiger partial charge in [-0.3, -0.25) is 4.98 Å². The maximum absolute atomic E-state index is 11.7. The lowest BCUT2D eigenvalue weighted by Crippen LogP contribution is -2.57. The minimum atomic E-state index is -1.13. The highest BCUT2D eigenvalue weighted by molar-refractivity contribution is 5.69. The molecular formula is C14H17N3O4. The lowest BCUT2D eigenvalue weighted by Gasteiger charge is -2.38. The first-order valence-corrected chi connectivity index (χ1v) is 6.55. The van der Waals surface area contributed by atoms with E-state index >= 15 is 0 Å². The van der Waals surface area contributed by atoms with Gasteiger partial charge in [-0.2, -0.15) is 5.26 Å². The van der Waals surface area contributed by atoms with Crippen LogP contribution in [0.1, 0.15) is 19.5 Å². The molecule has 0 atom stereocenters. The third-order valence-corrected chi connectivity index (χ3v) is 2.98. The third kappa shape index (κ3) is 3.83. The maximum atomic E-state index is 11.7. The average Bonchev–Trinajstić information content (AvgIpc) is 2.42. The van der Waals surface area contributed by atoms with Gasteiger partial charge in [0.05, 0.1) is 31.6 Å². The van der Waals surface area contributed by atoms with Gasteiger partial charge < -0.3 is 19.5 Å². The van der Waals surface area contributed by atoms with Crippen LogP contribution in [0, 0.1) is 11.3 Å². The molecule has 2 heterocycles. The summed E-state index contributed by atoms with van der Waals surface area (Å²) in [5.74, 6) is 0.586. The molecule has 21 heavy (non-hydrogen) atoms. The van der Waals surface area contributed by atoms with Crippen molar-refractivity contribution < 1.29 is 19.4 Å². The molecule has 0 aliphatic carbocycles. The molecule has 112 valence electrons. The highest BCUT2D eigenvalue weighted by Gasteiger charge is 2.36. The van der Waals surface area contributed by atoms with Gasteiger partial charge in [0.1, 0.15) is 17.9 Å². The quantitative estimate of drug-likeness (QED) is 0.891. The number of ether oxygens (including phenoxy) is 2. The fourth-order valence-electron chi connectivity index (χ4n) is 1.73. The van der Waals surface area contributed by atoms with Crippen LogP contribution in [0.15, 0.2) is 18.3 Å². The van der Waals surface area contributed by atoms with Gasteiger partial charge in [-0.15, -0.1) is 0 Å². The molecule has 0 saturated carbocycles. The molecular weight excluding hydrogens is 274 g/mol. The Balaban J connectivity index is 1.78. The Morgan fingerprint density at radius 1 is 1.57 bits per heavy atom. The van der Waals surface area contributed by atoms with Crippen molar-refractivity contribution >= 4 is 6.09 Å². The number of aliphatic hydroxyl groups excluding tert-OH is 1. The second-order valence-corrected chi connectivity index (χ2v) is 5.28. The van der Waals surface area contributed by atoms with E-state index < -0.39 is 11.7 Å². The number of nitrogens with zero attached hydrogens (tertiary/aromatic N) is 3. The summed E-state index contributed by atoms with van der Waals surface area (Å²) in [6, 6.07) is 5.30. The number of hydrogen-bond donors (Lipinski definition) is 1. The summed E-state index contributed by atoms with van der Waals surface area (Å²) in [5, 5.41) is 17.7. The van der Waals surface area contributed by atoms with E-state index in [1.54, 1.807) is 12.1 Å². The first kappa shape index (κ1) is 15.1. The minimum Gasteiger partial charge on any atom is -0.485 e. The van der Waals surface area contributed by atoms with Crippen molar-refractivity contribution in [3.63, 3.8) is 0 Å². The minimum absolute atomic E-state index is 0.113. The number of hydrogen-bond acceptors (Lipinski definition) is 6. The van der Waals surface area contributed by atoms with Crippen molar-refractivity contribution in [2.75, 3.05) is 13.1 Å². The fourth-order valence-corrected chi connectivity index (χ4v) is 1.73. The Bertz CT molecular complexity index is 544. The van der Waals surface area contributed by atoms with Crippen LogP contribution >= 0.6 is 0 Å². The molecule has 0 radical (unpaired) electrons. The van der Waals surface area contributed by atoms with Crippen LogP contribution in [0.25, 0.3) is 0 Å². The first-order valence-electron chi connectivity index (χ1n) is 6.55. The molecule has 0 bridgehead atoms. The summed E-state index contributed by atoms with van der Waals surface area (Å²) in [4.78, 5) is 17.2. The molecule has 1 aliphatic rings. The van der Waals surface area contributed by atoms with Crippen LogP contribution in [-0.2, 0) is 11.3 Å². The van der Waals surface area contributed by atoms with Gasteiger partial charge in [-0.1, -0.05) is 0 Å². The van der Waals surface area contributed by atoms with E-state index in [-0.39, 0.29) is 12.7 Å². The molecule has 0 unspecified atom stereocenters. The van der Waals surface area contributed by atoms with Gasteiger partial charge in [0, 0.05) is 0 Å². The number of aromatic nitrogens is 1. The van der Waals surface area contributed by atoms with Gasteiger partial charge in [-0.05, 0) is 26.0 Å². The number of carbonyl (C=O) groups excluding carboxylic acids is 1. The van der Waals surface area contributed by atoms with Gasteiger partial charge in [0.2, 0.25) is 0 Å². The lowest BCUT2D eigenvalue weighted by atomic mass is 10.1. The monoisotopic (exact) mass is 291 g/mol. The van der Waals surface area contributed by atoms with Crippen molar-refractivity contribution in [2.24, 2.45) is 0 Å². The number of likely N-dealkylation sites (tertiary alicyclic amines) is 1. The van der Waals surface area contributed by atoms with Crippen LogP contribution in [-0.4, -0.2) is 45.9 Å². The zero-order valence-electron chi connectivity index (χ0n) is 11.9. The number of amides is 1. The highest BCUT2D eigenvalue weighted by Crippen LogP contribution is 2.20. The summed E-state index contributed by atoms with van der Waals surface area (Å²) in [6.07, 6.45) is 0.894. The normalized spacial score (nSPS) is 15.0. The van der Waals surface area contributed by atoms with Crippen LogP contribution in [0.3, 0.4) is 0 Å². The molecule has 0 spiro atoms. The van der Waals surface area contributed by atoms with Crippen LogP contribution in [0.4, 0.5) is 4.79 Å². The summed E-state index contributed by atoms with van der Waals surface area (Å²) >= 11 is 0. The molecule has 1 amide bonds. The molecule has 7 nitrogen and oxygen atoms in total. The molecule has 1 saturated heterocycles. The Kier molecular flexibility index (Phi) is 4.29. The Morgan fingerprint density at radius 3 is 2.81 bits per heavy atom. The Morgan fingerprint density at radius 2 is 2.29 bits per heavy atom. The number of aliphatic hydroxyl groups is 1. The molecule has 1 fully saturated rings. The van der Waals surface area contributed by atoms with Crippen LogP contribution < -0.4 is 4.74 Å². The predicted molar refractivity (Wildman–Crippen MR) is 72.3 cm³/mol. The topological polar surface area (TPSA) is 95.7 Å². The summed E-state index contributed by atoms with van der Waals surface area (Å²) in [7, 11) is 0. The third-order valence-electron chi connectivity index (χ3n) is 2.98. The van der Waals surface area contributed by atoms with E-state index in [0.717, 1.165) is 0 Å². The van der Waals surface area contributed by atoms with E-state index in [9.17, 15) is 4.79 Å². The summed E-state index contributed by atoms with van der Waals surface area (Å²) in [5.41, 5.74) is -0.563. The maximum Gasteiger partial charge on any atom is 0.411 e. The van der Waals surface area contributed by atoms with Gasteiger partial charge in [0.25, 0.3) is 0 Å². The van der Waals surface area contributed by atoms with Gasteiger partial charge >= 0.3 is 6.09 Å². The molecule has 1 aromatic rings. The van der Waals surface area contributed by atoms with Gasteiger partial charge in [0.15, 0.2) is 5.60 Å². The van der Waals surface area contributed by atoms with E-state index in [1.807, 2.05) is 6.07 Å². The number of nitriles is 1. The second-order valence-electron chi connectivity index (χ2n) is 5.28. The van der Waals surface area contributed by atoms with Crippen LogP contribution in [0.5, 0.6) is 5.75 Å². The smallest absolute Gasteiger partial charge is 0.411 e. The average molecular weight is 291 g/mol. The SMILES string of the molecule is CC(C)(C#N)OC(=O)N1CC(Oc2ccc(CO)nc2)C1. The van der Waals surface area contributed by atoms with Crippen molar-refractivity contribution in [2.45, 2.75) is 32.2 Å². The number of pyridine rings is 1. The Labute approximate surface area is 122 Å². The fraction of sp³-hybridized carbons (Fsp3) is 0.500. The van der Waals surface area contributed by atoms with Crippen molar-refractivity contribution in [3.05, 3.63) is 24.0 Å². The summed E-state index contributed by atoms with van der Waals surface area (Å²) < 4.78 is 10.7. The number of rotatable bonds is 4. The van der Waals surface area contributed by atoms with Crippen molar-refractivity contribution in [3.8, 4) is 11.8 Å². The molecule has 1 aromatic heterocycles. The molecule has 2 rings (SSSR count). The lowest BCUT2D eigenvalue weighted by molar-refractivity contribution is -0.0122. The zero-order valence-corrected chi connectivity index (χ0v) is 11.9. The van der Waals surface area contributed by atoms with Crippen LogP contribution in [0.2, 0.25) is 0 Å². The van der Waals surface area contributed by atoms with Crippen molar-refractivity contribution in [1.29, 1.82) is 5.26 Å². The van der Waals surface area contributed by atoms with E-state index in [4.69, 9.17) is 19.8 Å². The zero-order chi connectivity index (χ0) is 15.5. The van der Waals surface area contributed by atoms with E-state index in [1.165, 1.54) is 24.9 Å². The van der Waals surface area contributed by atoms with E-state index in [2.05, 4.69) is 4.98 Å².